The van der Waals surface area contributed by atoms with E-state index in [0.717, 1.165) is 27.6 Å². The number of para-hydroxylation sites is 1. The second kappa shape index (κ2) is 8.37. The summed E-state index contributed by atoms with van der Waals surface area (Å²) in [4.78, 5) is 28.1. The summed E-state index contributed by atoms with van der Waals surface area (Å²) in [5, 5.41) is 2.24. The van der Waals surface area contributed by atoms with E-state index >= 15 is 0 Å². The minimum Gasteiger partial charge on any atom is -0.310 e. The number of carbonyl (C=O) groups excluding carboxylic acids is 1. The SMILES string of the molecule is CCN(C(=O)c1cccn(Cc2cccc3ccccc23)c1=O)c1ccccc1C. The Balaban J connectivity index is 1.72. The van der Waals surface area contributed by atoms with E-state index in [1.165, 1.54) is 0 Å². The minimum absolute atomic E-state index is 0.183. The summed E-state index contributed by atoms with van der Waals surface area (Å²) in [6.07, 6.45) is 1.74. The molecule has 4 nitrogen and oxygen atoms in total. The van der Waals surface area contributed by atoms with E-state index < -0.39 is 0 Å². The normalized spacial score (nSPS) is 10.9. The number of hydrogen-bond acceptors (Lipinski definition) is 2. The first-order valence-corrected chi connectivity index (χ1v) is 10.1. The molecule has 4 rings (SSSR count). The summed E-state index contributed by atoms with van der Waals surface area (Å²) < 4.78 is 1.61. The smallest absolute Gasteiger partial charge is 0.263 e. The number of pyridine rings is 1. The highest BCUT2D eigenvalue weighted by molar-refractivity contribution is 6.06. The Morgan fingerprint density at radius 2 is 1.63 bits per heavy atom. The van der Waals surface area contributed by atoms with Crippen molar-refractivity contribution in [3.8, 4) is 0 Å². The van der Waals surface area contributed by atoms with Gasteiger partial charge in [0.25, 0.3) is 11.5 Å². The van der Waals surface area contributed by atoms with E-state index in [2.05, 4.69) is 18.2 Å². The van der Waals surface area contributed by atoms with Crippen molar-refractivity contribution >= 4 is 22.4 Å². The fourth-order valence-corrected chi connectivity index (χ4v) is 3.87. The maximum atomic E-state index is 13.3. The lowest BCUT2D eigenvalue weighted by molar-refractivity contribution is 0.0986. The van der Waals surface area contributed by atoms with Crippen LogP contribution in [0.3, 0.4) is 0 Å². The van der Waals surface area contributed by atoms with Gasteiger partial charge in [-0.2, -0.15) is 0 Å². The lowest BCUT2D eigenvalue weighted by atomic mass is 10.0. The molecule has 1 aromatic heterocycles. The highest BCUT2D eigenvalue weighted by Gasteiger charge is 2.21. The van der Waals surface area contributed by atoms with Crippen molar-refractivity contribution < 1.29 is 4.79 Å². The van der Waals surface area contributed by atoms with Gasteiger partial charge < -0.3 is 9.47 Å². The Labute approximate surface area is 176 Å². The number of amides is 1. The van der Waals surface area contributed by atoms with E-state index in [0.29, 0.717) is 13.1 Å². The Hall–Kier alpha value is -3.66. The summed E-state index contributed by atoms with van der Waals surface area (Å²) >= 11 is 0. The number of hydrogen-bond donors (Lipinski definition) is 0. The number of benzene rings is 3. The van der Waals surface area contributed by atoms with Crippen molar-refractivity contribution in [2.45, 2.75) is 20.4 Å². The maximum Gasteiger partial charge on any atom is 0.263 e. The van der Waals surface area contributed by atoms with Gasteiger partial charge in [-0.15, -0.1) is 0 Å². The predicted octanol–water partition coefficient (Wildman–Crippen LogP) is 5.02. The molecule has 4 heteroatoms. The van der Waals surface area contributed by atoms with Gasteiger partial charge in [-0.1, -0.05) is 60.7 Å². The molecule has 0 spiro atoms. The summed E-state index contributed by atoms with van der Waals surface area (Å²) in [5.41, 5.74) is 2.78. The third-order valence-corrected chi connectivity index (χ3v) is 5.44. The van der Waals surface area contributed by atoms with Gasteiger partial charge in [-0.3, -0.25) is 9.59 Å². The van der Waals surface area contributed by atoms with E-state index in [1.807, 2.05) is 62.4 Å². The van der Waals surface area contributed by atoms with Crippen LogP contribution >= 0.6 is 0 Å². The Morgan fingerprint density at radius 3 is 2.43 bits per heavy atom. The monoisotopic (exact) mass is 396 g/mol. The number of carbonyl (C=O) groups is 1. The molecule has 0 aliphatic heterocycles. The van der Waals surface area contributed by atoms with Crippen molar-refractivity contribution in [3.63, 3.8) is 0 Å². The molecule has 150 valence electrons. The quantitative estimate of drug-likeness (QED) is 0.475. The summed E-state index contributed by atoms with van der Waals surface area (Å²) in [5.74, 6) is -0.274. The molecule has 0 fully saturated rings. The van der Waals surface area contributed by atoms with Gasteiger partial charge in [0, 0.05) is 18.4 Å². The molecule has 4 aromatic rings. The zero-order valence-corrected chi connectivity index (χ0v) is 17.2. The third-order valence-electron chi connectivity index (χ3n) is 5.44. The Kier molecular flexibility index (Phi) is 5.48. The lowest BCUT2D eigenvalue weighted by Crippen LogP contribution is -2.37. The van der Waals surface area contributed by atoms with Gasteiger partial charge in [0.2, 0.25) is 0 Å². The van der Waals surface area contributed by atoms with Crippen LogP contribution in [0.15, 0.2) is 89.9 Å². The van der Waals surface area contributed by atoms with Crippen LogP contribution in [0, 0.1) is 6.92 Å². The van der Waals surface area contributed by atoms with Gasteiger partial charge in [-0.25, -0.2) is 0 Å². The maximum absolute atomic E-state index is 13.3. The molecule has 1 amide bonds. The van der Waals surface area contributed by atoms with Crippen LogP contribution in [0.1, 0.15) is 28.4 Å². The number of fused-ring (bicyclic) bond motifs is 1. The van der Waals surface area contributed by atoms with Crippen LogP contribution < -0.4 is 10.5 Å². The van der Waals surface area contributed by atoms with E-state index in [4.69, 9.17) is 0 Å². The van der Waals surface area contributed by atoms with E-state index in [-0.39, 0.29) is 17.0 Å². The van der Waals surface area contributed by atoms with Gasteiger partial charge >= 0.3 is 0 Å². The van der Waals surface area contributed by atoms with Crippen LogP contribution in [0.4, 0.5) is 5.69 Å². The first-order valence-electron chi connectivity index (χ1n) is 10.1. The van der Waals surface area contributed by atoms with Crippen LogP contribution in [-0.4, -0.2) is 17.0 Å². The Morgan fingerprint density at radius 1 is 0.900 bits per heavy atom. The van der Waals surface area contributed by atoms with Crippen LogP contribution in [0.2, 0.25) is 0 Å². The standard InChI is InChI=1S/C26H24N2O2/c1-3-28(24-16-7-4-10-19(24)2)26(30)23-15-9-17-27(25(23)29)18-21-13-8-12-20-11-5-6-14-22(20)21/h4-17H,3,18H2,1-2H3. The van der Waals surface area contributed by atoms with Gasteiger partial charge in [0.05, 0.1) is 6.54 Å². The molecular formula is C26H24N2O2. The lowest BCUT2D eigenvalue weighted by Gasteiger charge is -2.23. The summed E-state index contributed by atoms with van der Waals surface area (Å²) in [6.45, 7) is 4.79. The fraction of sp³-hybridized carbons (Fsp3) is 0.154. The largest absolute Gasteiger partial charge is 0.310 e. The number of anilines is 1. The van der Waals surface area contributed by atoms with Crippen molar-refractivity contribution in [2.75, 3.05) is 11.4 Å². The first-order chi connectivity index (χ1) is 14.6. The molecule has 0 aliphatic carbocycles. The summed E-state index contributed by atoms with van der Waals surface area (Å²) in [7, 11) is 0. The second-order valence-corrected chi connectivity index (χ2v) is 7.33. The van der Waals surface area contributed by atoms with E-state index in [1.54, 1.807) is 27.8 Å². The van der Waals surface area contributed by atoms with Crippen molar-refractivity contribution in [1.29, 1.82) is 0 Å². The van der Waals surface area contributed by atoms with Crippen LogP contribution in [0.25, 0.3) is 10.8 Å². The number of nitrogens with zero attached hydrogens (tertiary/aromatic N) is 2. The van der Waals surface area contributed by atoms with Crippen molar-refractivity contribution in [1.82, 2.24) is 4.57 Å². The molecule has 1 heterocycles. The molecule has 0 saturated carbocycles. The molecule has 0 atom stereocenters. The van der Waals surface area contributed by atoms with Crippen LogP contribution in [-0.2, 0) is 6.54 Å². The van der Waals surface area contributed by atoms with Crippen LogP contribution in [0.5, 0.6) is 0 Å². The first kappa shape index (κ1) is 19.6. The number of rotatable bonds is 5. The zero-order valence-electron chi connectivity index (χ0n) is 17.2. The average Bonchev–Trinajstić information content (AvgIpc) is 2.77. The highest BCUT2D eigenvalue weighted by Crippen LogP contribution is 2.21. The molecular weight excluding hydrogens is 372 g/mol. The number of aryl methyl sites for hydroxylation is 1. The Bertz CT molecular complexity index is 1270. The molecule has 0 radical (unpaired) electrons. The topological polar surface area (TPSA) is 42.3 Å². The summed E-state index contributed by atoms with van der Waals surface area (Å²) in [6, 6.07) is 25.3. The third kappa shape index (κ3) is 3.64. The second-order valence-electron chi connectivity index (χ2n) is 7.33. The van der Waals surface area contributed by atoms with E-state index in [9.17, 15) is 9.59 Å². The molecule has 30 heavy (non-hydrogen) atoms. The van der Waals surface area contributed by atoms with Gasteiger partial charge in [0.15, 0.2) is 0 Å². The average molecular weight is 396 g/mol. The number of aromatic nitrogens is 1. The molecule has 0 aliphatic rings. The molecule has 3 aromatic carbocycles. The van der Waals surface area contributed by atoms with Gasteiger partial charge in [-0.05, 0) is 53.9 Å². The fourth-order valence-electron chi connectivity index (χ4n) is 3.87. The van der Waals surface area contributed by atoms with Gasteiger partial charge in [0.1, 0.15) is 5.56 Å². The molecule has 0 bridgehead atoms. The zero-order chi connectivity index (χ0) is 21.1. The van der Waals surface area contributed by atoms with Crippen molar-refractivity contribution in [3.05, 3.63) is 112 Å². The minimum atomic E-state index is -0.275. The van der Waals surface area contributed by atoms with Crippen molar-refractivity contribution in [2.24, 2.45) is 0 Å². The molecule has 0 unspecified atom stereocenters. The highest BCUT2D eigenvalue weighted by atomic mass is 16.2. The molecule has 0 N–H and O–H groups in total. The predicted molar refractivity (Wildman–Crippen MR) is 122 cm³/mol. The molecule has 0 saturated heterocycles.